The molecule has 0 aliphatic rings. The molecule has 0 rings (SSSR count). The van der Waals surface area contributed by atoms with E-state index in [0.717, 1.165) is 89.9 Å². The second kappa shape index (κ2) is 35.8. The average molecular weight is 627 g/mol. The summed E-state index contributed by atoms with van der Waals surface area (Å²) < 4.78 is 10.5. The Kier molecular flexibility index (Phi) is 33.7. The van der Waals surface area contributed by atoms with E-state index in [4.69, 9.17) is 9.47 Å². The van der Waals surface area contributed by atoms with Gasteiger partial charge in [0.2, 0.25) is 0 Å². The van der Waals surface area contributed by atoms with E-state index in [-0.39, 0.29) is 25.2 Å². The van der Waals surface area contributed by atoms with Gasteiger partial charge >= 0.3 is 11.9 Å². The van der Waals surface area contributed by atoms with E-state index < -0.39 is 6.10 Å². The Balaban J connectivity index is 3.68. The number of hydrogen-bond donors (Lipinski definition) is 1. The molecule has 1 atom stereocenters. The van der Waals surface area contributed by atoms with E-state index in [2.05, 4.69) is 86.8 Å². The van der Waals surface area contributed by atoms with Crippen LogP contribution in [0.1, 0.15) is 149 Å². The fourth-order valence-corrected chi connectivity index (χ4v) is 4.50. The maximum Gasteiger partial charge on any atom is 0.306 e. The fourth-order valence-electron chi connectivity index (χ4n) is 4.50. The standard InChI is InChI=1S/C40H66O5/c1-3-5-7-9-11-13-15-17-19-20-21-23-25-27-29-31-33-35-40(43)45-38(36-41)37-44-39(42)34-32-30-28-26-24-22-18-16-14-12-10-8-6-4-2/h5,7,10-13,16-19,21,23,38,41H,3-4,6,8-9,14-15,20,22,24-37H2,1-2H3/b7-5-,12-10-,13-11-,18-16-,19-17-,23-21-. The number of rotatable bonds is 31. The monoisotopic (exact) mass is 626 g/mol. The number of hydrogen-bond acceptors (Lipinski definition) is 5. The molecule has 0 bridgehead atoms. The predicted molar refractivity (Wildman–Crippen MR) is 191 cm³/mol. The lowest BCUT2D eigenvalue weighted by Crippen LogP contribution is -2.28. The Labute approximate surface area is 276 Å². The third-order valence-corrected chi connectivity index (χ3v) is 7.23. The van der Waals surface area contributed by atoms with E-state index in [0.29, 0.717) is 12.8 Å². The molecule has 0 aromatic carbocycles. The van der Waals surface area contributed by atoms with Crippen molar-refractivity contribution in [1.82, 2.24) is 0 Å². The summed E-state index contributed by atoms with van der Waals surface area (Å²) in [5.74, 6) is -0.644. The second-order valence-corrected chi connectivity index (χ2v) is 11.6. The lowest BCUT2D eigenvalue weighted by molar-refractivity contribution is -0.161. The zero-order chi connectivity index (χ0) is 32.9. The van der Waals surface area contributed by atoms with Crippen molar-refractivity contribution in [3.8, 4) is 0 Å². The third-order valence-electron chi connectivity index (χ3n) is 7.23. The lowest BCUT2D eigenvalue weighted by Gasteiger charge is -2.15. The van der Waals surface area contributed by atoms with Gasteiger partial charge in [-0.25, -0.2) is 0 Å². The van der Waals surface area contributed by atoms with Gasteiger partial charge in [0.15, 0.2) is 6.10 Å². The van der Waals surface area contributed by atoms with Gasteiger partial charge in [-0.2, -0.15) is 0 Å². The normalized spacial score (nSPS) is 13.0. The van der Waals surface area contributed by atoms with Gasteiger partial charge in [0.1, 0.15) is 6.61 Å². The molecule has 0 amide bonds. The van der Waals surface area contributed by atoms with Gasteiger partial charge in [-0.05, 0) is 77.0 Å². The van der Waals surface area contributed by atoms with Gasteiger partial charge < -0.3 is 14.6 Å². The third kappa shape index (κ3) is 34.1. The van der Waals surface area contributed by atoms with Gasteiger partial charge in [0.25, 0.3) is 0 Å². The Hall–Kier alpha value is -2.66. The van der Waals surface area contributed by atoms with Crippen LogP contribution < -0.4 is 0 Å². The molecule has 0 aromatic rings. The van der Waals surface area contributed by atoms with Crippen molar-refractivity contribution in [2.24, 2.45) is 0 Å². The number of allylic oxidation sites excluding steroid dienone is 12. The molecule has 5 heteroatoms. The largest absolute Gasteiger partial charge is 0.462 e. The van der Waals surface area contributed by atoms with Gasteiger partial charge in [0.05, 0.1) is 6.61 Å². The molecule has 0 aliphatic carbocycles. The summed E-state index contributed by atoms with van der Waals surface area (Å²) >= 11 is 0. The van der Waals surface area contributed by atoms with Gasteiger partial charge in [-0.15, -0.1) is 0 Å². The lowest BCUT2D eigenvalue weighted by atomic mass is 10.1. The smallest absolute Gasteiger partial charge is 0.306 e. The number of carbonyl (C=O) groups is 2. The number of unbranched alkanes of at least 4 members (excludes halogenated alkanes) is 11. The van der Waals surface area contributed by atoms with Crippen LogP contribution in [0.2, 0.25) is 0 Å². The van der Waals surface area contributed by atoms with E-state index in [1.165, 1.54) is 32.1 Å². The number of ether oxygens (including phenoxy) is 2. The molecule has 256 valence electrons. The maximum absolute atomic E-state index is 12.1. The van der Waals surface area contributed by atoms with Crippen LogP contribution in [0.3, 0.4) is 0 Å². The number of esters is 2. The highest BCUT2D eigenvalue weighted by Crippen LogP contribution is 2.10. The molecule has 0 spiro atoms. The molecule has 0 aliphatic heterocycles. The summed E-state index contributed by atoms with van der Waals surface area (Å²) in [6.07, 6.45) is 46.6. The molecule has 1 unspecified atom stereocenters. The molecular weight excluding hydrogens is 560 g/mol. The Morgan fingerprint density at radius 3 is 1.44 bits per heavy atom. The molecule has 0 heterocycles. The van der Waals surface area contributed by atoms with Crippen molar-refractivity contribution >= 4 is 11.9 Å². The van der Waals surface area contributed by atoms with E-state index >= 15 is 0 Å². The number of carbonyl (C=O) groups excluding carboxylic acids is 2. The fraction of sp³-hybridized carbons (Fsp3) is 0.650. The zero-order valence-electron chi connectivity index (χ0n) is 28.8. The first-order chi connectivity index (χ1) is 22.1. The van der Waals surface area contributed by atoms with Gasteiger partial charge in [-0.3, -0.25) is 9.59 Å². The molecule has 0 radical (unpaired) electrons. The number of aliphatic hydroxyl groups excluding tert-OH is 1. The van der Waals surface area contributed by atoms with E-state index in [1.807, 2.05) is 0 Å². The van der Waals surface area contributed by atoms with Crippen LogP contribution in [0.5, 0.6) is 0 Å². The van der Waals surface area contributed by atoms with Crippen molar-refractivity contribution in [2.75, 3.05) is 13.2 Å². The average Bonchev–Trinajstić information content (AvgIpc) is 3.04. The van der Waals surface area contributed by atoms with Crippen molar-refractivity contribution < 1.29 is 24.2 Å². The van der Waals surface area contributed by atoms with E-state index in [1.54, 1.807) is 0 Å². The van der Waals surface area contributed by atoms with Crippen LogP contribution in [0.15, 0.2) is 72.9 Å². The Morgan fingerprint density at radius 1 is 0.533 bits per heavy atom. The van der Waals surface area contributed by atoms with Crippen LogP contribution in [0, 0.1) is 0 Å². The first kappa shape index (κ1) is 42.3. The molecule has 0 saturated carbocycles. The van der Waals surface area contributed by atoms with Crippen molar-refractivity contribution in [3.63, 3.8) is 0 Å². The Morgan fingerprint density at radius 2 is 0.956 bits per heavy atom. The highest BCUT2D eigenvalue weighted by Gasteiger charge is 2.16. The number of aliphatic hydroxyl groups is 1. The quantitative estimate of drug-likeness (QED) is 0.0471. The minimum Gasteiger partial charge on any atom is -0.462 e. The van der Waals surface area contributed by atoms with Crippen molar-refractivity contribution in [2.45, 2.75) is 155 Å². The van der Waals surface area contributed by atoms with Gasteiger partial charge in [0, 0.05) is 12.8 Å². The maximum atomic E-state index is 12.1. The summed E-state index contributed by atoms with van der Waals surface area (Å²) in [6, 6.07) is 0. The summed E-state index contributed by atoms with van der Waals surface area (Å²) in [5, 5.41) is 9.52. The summed E-state index contributed by atoms with van der Waals surface area (Å²) in [4.78, 5) is 24.2. The topological polar surface area (TPSA) is 72.8 Å². The minimum absolute atomic E-state index is 0.0872. The van der Waals surface area contributed by atoms with Gasteiger partial charge in [-0.1, -0.05) is 132 Å². The predicted octanol–water partition coefficient (Wildman–Crippen LogP) is 11.0. The minimum atomic E-state index is -0.792. The first-order valence-electron chi connectivity index (χ1n) is 18.0. The van der Waals surface area contributed by atoms with Crippen LogP contribution in [-0.2, 0) is 19.1 Å². The van der Waals surface area contributed by atoms with E-state index in [9.17, 15) is 14.7 Å². The highest BCUT2D eigenvalue weighted by atomic mass is 16.6. The second-order valence-electron chi connectivity index (χ2n) is 11.6. The SMILES string of the molecule is CC/C=C\C/C=C\C/C=C\C/C=C\CCCCCCC(=O)OC(CO)COC(=O)CCCCCCC/C=C\C/C=C\CCCC. The highest BCUT2D eigenvalue weighted by molar-refractivity contribution is 5.70. The van der Waals surface area contributed by atoms with Crippen molar-refractivity contribution in [1.29, 1.82) is 0 Å². The van der Waals surface area contributed by atoms with Crippen LogP contribution in [0.25, 0.3) is 0 Å². The van der Waals surface area contributed by atoms with Crippen LogP contribution in [-0.4, -0.2) is 36.4 Å². The first-order valence-corrected chi connectivity index (χ1v) is 18.0. The molecule has 0 aromatic heterocycles. The molecule has 0 fully saturated rings. The van der Waals surface area contributed by atoms with Crippen molar-refractivity contribution in [3.05, 3.63) is 72.9 Å². The summed E-state index contributed by atoms with van der Waals surface area (Å²) in [7, 11) is 0. The van der Waals surface area contributed by atoms with Crippen LogP contribution >= 0.6 is 0 Å². The van der Waals surface area contributed by atoms with Crippen LogP contribution in [0.4, 0.5) is 0 Å². The molecule has 0 saturated heterocycles. The molecule has 5 nitrogen and oxygen atoms in total. The summed E-state index contributed by atoms with van der Waals surface area (Å²) in [5.41, 5.74) is 0. The molecular formula is C40H66O5. The Bertz CT molecular complexity index is 849. The molecule has 1 N–H and O–H groups in total. The zero-order valence-corrected chi connectivity index (χ0v) is 28.8. The molecule has 45 heavy (non-hydrogen) atoms. The summed E-state index contributed by atoms with van der Waals surface area (Å²) in [6.45, 7) is 3.93.